The Hall–Kier alpha value is -1.90. The number of hydrogen-bond acceptors (Lipinski definition) is 4. The normalized spacial score (nSPS) is 15.9. The lowest BCUT2D eigenvalue weighted by Crippen LogP contribution is -2.54. The average Bonchev–Trinajstić information content (AvgIpc) is 2.85. The van der Waals surface area contributed by atoms with Crippen molar-refractivity contribution in [2.45, 2.75) is 58.4 Å². The Morgan fingerprint density at radius 2 is 1.83 bits per heavy atom. The van der Waals surface area contributed by atoms with Gasteiger partial charge in [0.2, 0.25) is 0 Å². The number of alkyl halides is 3. The predicted octanol–water partition coefficient (Wildman–Crippen LogP) is 2.14. The molecule has 0 radical (unpaired) electrons. The molecule has 2 heterocycles. The third-order valence-corrected chi connectivity index (χ3v) is 4.07. The highest BCUT2D eigenvalue weighted by molar-refractivity contribution is 5.39. The summed E-state index contributed by atoms with van der Waals surface area (Å²) in [6.07, 6.45) is -3.87. The van der Waals surface area contributed by atoms with E-state index in [2.05, 4.69) is 10.1 Å². The van der Waals surface area contributed by atoms with E-state index in [0.717, 1.165) is 15.4 Å². The smallest absolute Gasteiger partial charge is 0.379 e. The molecule has 2 aromatic heterocycles. The first-order valence-electron chi connectivity index (χ1n) is 7.52. The first-order valence-corrected chi connectivity index (χ1v) is 7.52. The van der Waals surface area contributed by atoms with Crippen LogP contribution in [0.25, 0.3) is 5.65 Å². The van der Waals surface area contributed by atoms with E-state index in [1.807, 2.05) is 20.8 Å². The molecule has 0 saturated carbocycles. The molecule has 0 amide bonds. The fourth-order valence-electron chi connectivity index (χ4n) is 2.24. The van der Waals surface area contributed by atoms with Gasteiger partial charge in [0.15, 0.2) is 11.2 Å². The van der Waals surface area contributed by atoms with Gasteiger partial charge in [0.1, 0.15) is 6.33 Å². The van der Waals surface area contributed by atoms with Gasteiger partial charge in [0.05, 0.1) is 12.2 Å². The number of nitrogens with zero attached hydrogens (tertiary/aromatic N) is 4. The van der Waals surface area contributed by atoms with Crippen molar-refractivity contribution in [2.24, 2.45) is 5.92 Å². The topological polar surface area (TPSA) is 72.4 Å². The quantitative estimate of drug-likeness (QED) is 0.924. The van der Waals surface area contributed by atoms with Crippen LogP contribution in [-0.4, -0.2) is 36.0 Å². The highest BCUT2D eigenvalue weighted by Crippen LogP contribution is 2.37. The molecule has 24 heavy (non-hydrogen) atoms. The number of aliphatic hydroxyl groups is 1. The molecule has 0 saturated heterocycles. The molecule has 0 bridgehead atoms. The van der Waals surface area contributed by atoms with E-state index in [-0.39, 0.29) is 11.1 Å². The molecule has 1 unspecified atom stereocenters. The van der Waals surface area contributed by atoms with Crippen LogP contribution in [0.5, 0.6) is 0 Å². The van der Waals surface area contributed by atoms with Crippen molar-refractivity contribution in [2.75, 3.05) is 0 Å². The highest BCUT2D eigenvalue weighted by atomic mass is 19.4. The summed E-state index contributed by atoms with van der Waals surface area (Å²) in [5.41, 5.74) is -3.30. The molecule has 0 aliphatic rings. The summed E-state index contributed by atoms with van der Waals surface area (Å²) in [5.74, 6) is -1.14. The minimum Gasteiger partial charge on any atom is -0.379 e. The van der Waals surface area contributed by atoms with Crippen LogP contribution in [0.15, 0.2) is 17.2 Å². The second-order valence-corrected chi connectivity index (χ2v) is 7.28. The van der Waals surface area contributed by atoms with Gasteiger partial charge in [0.25, 0.3) is 0 Å². The van der Waals surface area contributed by atoms with Crippen LogP contribution in [0.3, 0.4) is 0 Å². The van der Waals surface area contributed by atoms with Gasteiger partial charge in [-0.3, -0.25) is 4.57 Å². The van der Waals surface area contributed by atoms with Crippen LogP contribution in [0.4, 0.5) is 13.2 Å². The zero-order chi connectivity index (χ0) is 18.5. The van der Waals surface area contributed by atoms with E-state index in [1.54, 1.807) is 6.07 Å². The van der Waals surface area contributed by atoms with Crippen LogP contribution < -0.4 is 5.69 Å². The monoisotopic (exact) mass is 346 g/mol. The lowest BCUT2D eigenvalue weighted by molar-refractivity contribution is -0.281. The number of aromatic nitrogens is 4. The Labute approximate surface area is 136 Å². The number of halogens is 3. The molecule has 6 nitrogen and oxygen atoms in total. The van der Waals surface area contributed by atoms with Gasteiger partial charge in [-0.2, -0.15) is 22.8 Å². The third kappa shape index (κ3) is 3.04. The average molecular weight is 346 g/mol. The Morgan fingerprint density at radius 3 is 2.29 bits per heavy atom. The largest absolute Gasteiger partial charge is 0.419 e. The molecular formula is C15H21F3N4O2. The maximum absolute atomic E-state index is 13.2. The minimum atomic E-state index is -4.88. The summed E-state index contributed by atoms with van der Waals surface area (Å²) < 4.78 is 41.4. The Kier molecular flexibility index (Phi) is 4.28. The van der Waals surface area contributed by atoms with Gasteiger partial charge < -0.3 is 5.11 Å². The summed E-state index contributed by atoms with van der Waals surface area (Å²) in [6, 6.07) is 1.62. The van der Waals surface area contributed by atoms with Crippen molar-refractivity contribution in [1.82, 2.24) is 19.2 Å². The third-order valence-electron chi connectivity index (χ3n) is 4.07. The van der Waals surface area contributed by atoms with E-state index >= 15 is 0 Å². The molecule has 0 aliphatic heterocycles. The molecule has 9 heteroatoms. The van der Waals surface area contributed by atoms with Crippen molar-refractivity contribution in [3.05, 3.63) is 28.6 Å². The van der Waals surface area contributed by atoms with Gasteiger partial charge in [-0.25, -0.2) is 9.78 Å². The fourth-order valence-corrected chi connectivity index (χ4v) is 2.24. The van der Waals surface area contributed by atoms with Gasteiger partial charge in [0, 0.05) is 11.5 Å². The second-order valence-electron chi connectivity index (χ2n) is 7.28. The van der Waals surface area contributed by atoms with E-state index in [4.69, 9.17) is 0 Å². The van der Waals surface area contributed by atoms with Crippen LogP contribution in [-0.2, 0) is 12.0 Å². The first kappa shape index (κ1) is 18.4. The molecule has 2 rings (SSSR count). The maximum Gasteiger partial charge on any atom is 0.419 e. The van der Waals surface area contributed by atoms with Crippen LogP contribution in [0.2, 0.25) is 0 Å². The molecule has 0 fully saturated rings. The molecule has 1 N–H and O–H groups in total. The van der Waals surface area contributed by atoms with Crippen molar-refractivity contribution in [3.8, 4) is 0 Å². The second kappa shape index (κ2) is 5.58. The minimum absolute atomic E-state index is 0.251. The van der Waals surface area contributed by atoms with Gasteiger partial charge in [-0.15, -0.1) is 0 Å². The molecule has 2 aromatic rings. The van der Waals surface area contributed by atoms with Crippen molar-refractivity contribution >= 4 is 5.65 Å². The van der Waals surface area contributed by atoms with Crippen molar-refractivity contribution < 1.29 is 18.3 Å². The van der Waals surface area contributed by atoms with Crippen LogP contribution >= 0.6 is 0 Å². The predicted molar refractivity (Wildman–Crippen MR) is 81.8 cm³/mol. The molecule has 0 spiro atoms. The van der Waals surface area contributed by atoms with Crippen molar-refractivity contribution in [1.29, 1.82) is 0 Å². The summed E-state index contributed by atoms with van der Waals surface area (Å²) in [5, 5.41) is 14.2. The van der Waals surface area contributed by atoms with Crippen LogP contribution in [0.1, 0.15) is 40.3 Å². The summed E-state index contributed by atoms with van der Waals surface area (Å²) >= 11 is 0. The summed E-state index contributed by atoms with van der Waals surface area (Å²) in [6.45, 7) is 7.24. The maximum atomic E-state index is 13.2. The van der Waals surface area contributed by atoms with Crippen molar-refractivity contribution in [3.63, 3.8) is 0 Å². The standard InChI is InChI=1S/C15H21F3N4O2/c1-9(2)14(24,15(16,17)18)7-21-8-19-11-6-10(13(3,4)5)20-22(11)12(21)23/h6,8-9,24H,7H2,1-5H3. The summed E-state index contributed by atoms with van der Waals surface area (Å²) in [4.78, 5) is 16.4. The van der Waals surface area contributed by atoms with Gasteiger partial charge >= 0.3 is 11.9 Å². The zero-order valence-corrected chi connectivity index (χ0v) is 14.2. The SMILES string of the molecule is CC(C)C(O)(Cn1cnc2cc(C(C)(C)C)nn2c1=O)C(F)(F)F. The highest BCUT2D eigenvalue weighted by Gasteiger charge is 2.56. The lowest BCUT2D eigenvalue weighted by Gasteiger charge is -2.34. The molecular weight excluding hydrogens is 325 g/mol. The fraction of sp³-hybridized carbons (Fsp3) is 0.667. The van der Waals surface area contributed by atoms with E-state index in [9.17, 15) is 23.1 Å². The molecule has 0 aliphatic carbocycles. The zero-order valence-electron chi connectivity index (χ0n) is 14.2. The van der Waals surface area contributed by atoms with Gasteiger partial charge in [-0.05, 0) is 5.92 Å². The first-order chi connectivity index (χ1) is 10.8. The molecule has 134 valence electrons. The molecule has 1 atom stereocenters. The van der Waals surface area contributed by atoms with E-state index in [1.165, 1.54) is 13.8 Å². The van der Waals surface area contributed by atoms with Crippen LogP contribution in [0, 0.1) is 5.92 Å². The lowest BCUT2D eigenvalue weighted by atomic mass is 9.89. The Balaban J connectivity index is 2.55. The number of hydrogen-bond donors (Lipinski definition) is 1. The molecule has 0 aromatic carbocycles. The number of rotatable bonds is 3. The Bertz CT molecular complexity index is 802. The van der Waals surface area contributed by atoms with Gasteiger partial charge in [-0.1, -0.05) is 34.6 Å². The van der Waals surface area contributed by atoms with E-state index < -0.39 is 29.9 Å². The Morgan fingerprint density at radius 1 is 1.25 bits per heavy atom. The van der Waals surface area contributed by atoms with E-state index in [0.29, 0.717) is 5.69 Å². The summed E-state index contributed by atoms with van der Waals surface area (Å²) in [7, 11) is 0. The number of fused-ring (bicyclic) bond motifs is 1.